The first-order valence-electron chi connectivity index (χ1n) is 9.52. The Hall–Kier alpha value is -1.96. The van der Waals surface area contributed by atoms with E-state index >= 15 is 0 Å². The standard InChI is InChI=1S/C15H15NO/c1-8-5-4-6-11-12-7-9(2)13(16)10(3)15(12)17-14(8)11/h4-7H,16H2,1-3H3/i1D3,2D3,3D3. The third-order valence-corrected chi connectivity index (χ3v) is 2.83. The molecule has 0 atom stereocenters. The number of benzene rings is 2. The Labute approximate surface area is 113 Å². The van der Waals surface area contributed by atoms with Crippen molar-refractivity contribution < 1.29 is 16.8 Å². The van der Waals surface area contributed by atoms with E-state index in [1.54, 1.807) is 6.07 Å². The third kappa shape index (κ3) is 1.27. The summed E-state index contributed by atoms with van der Waals surface area (Å²) in [6.45, 7) is -7.85. The van der Waals surface area contributed by atoms with E-state index < -0.39 is 31.8 Å². The van der Waals surface area contributed by atoms with Gasteiger partial charge in [0.2, 0.25) is 0 Å². The molecule has 3 rings (SSSR count). The van der Waals surface area contributed by atoms with Gasteiger partial charge in [-0.1, -0.05) is 18.2 Å². The Balaban J connectivity index is 2.57. The molecule has 0 amide bonds. The van der Waals surface area contributed by atoms with Crippen molar-refractivity contribution in [3.05, 3.63) is 41.0 Å². The van der Waals surface area contributed by atoms with Crippen LogP contribution in [0.25, 0.3) is 21.9 Å². The van der Waals surface area contributed by atoms with Crippen molar-refractivity contribution in [1.82, 2.24) is 0 Å². The van der Waals surface area contributed by atoms with E-state index in [2.05, 4.69) is 0 Å². The molecule has 2 N–H and O–H groups in total. The molecular formula is C15H15NO. The first kappa shape index (κ1) is 4.37. The average Bonchev–Trinajstić information content (AvgIpc) is 2.80. The monoisotopic (exact) mass is 234 g/mol. The minimum absolute atomic E-state index is 0.00454. The van der Waals surface area contributed by atoms with Gasteiger partial charge in [0.05, 0.1) is 0 Å². The lowest BCUT2D eigenvalue weighted by molar-refractivity contribution is 0.663. The van der Waals surface area contributed by atoms with Gasteiger partial charge in [-0.3, -0.25) is 0 Å². The van der Waals surface area contributed by atoms with Crippen LogP contribution >= 0.6 is 0 Å². The van der Waals surface area contributed by atoms with Crippen LogP contribution in [0.5, 0.6) is 0 Å². The van der Waals surface area contributed by atoms with E-state index in [1.165, 1.54) is 18.2 Å². The Morgan fingerprint density at radius 3 is 2.71 bits per heavy atom. The number of nitrogens with two attached hydrogens (primary N) is 1. The molecule has 0 unspecified atom stereocenters. The lowest BCUT2D eigenvalue weighted by Crippen LogP contribution is -1.93. The molecule has 0 aliphatic heterocycles. The number of nitrogen functional groups attached to an aromatic ring is 1. The molecule has 86 valence electrons. The van der Waals surface area contributed by atoms with Gasteiger partial charge in [0.25, 0.3) is 0 Å². The fourth-order valence-corrected chi connectivity index (χ4v) is 1.95. The number of para-hydroxylation sites is 1. The van der Waals surface area contributed by atoms with Crippen molar-refractivity contribution in [1.29, 1.82) is 0 Å². The highest BCUT2D eigenvalue weighted by atomic mass is 16.3. The maximum Gasteiger partial charge on any atom is 0.140 e. The zero-order valence-electron chi connectivity index (χ0n) is 17.8. The van der Waals surface area contributed by atoms with Crippen molar-refractivity contribution >= 4 is 27.6 Å². The largest absolute Gasteiger partial charge is 0.455 e. The highest BCUT2D eigenvalue weighted by Crippen LogP contribution is 2.35. The van der Waals surface area contributed by atoms with Crippen LogP contribution in [0.15, 0.2) is 28.7 Å². The fraction of sp³-hybridized carbons (Fsp3) is 0.200. The van der Waals surface area contributed by atoms with Crippen LogP contribution in [0.1, 0.15) is 29.0 Å². The van der Waals surface area contributed by atoms with Gasteiger partial charge in [0, 0.05) is 34.4 Å². The van der Waals surface area contributed by atoms with Crippen LogP contribution in [0.2, 0.25) is 0 Å². The number of anilines is 1. The molecule has 2 aromatic carbocycles. The van der Waals surface area contributed by atoms with E-state index in [0.29, 0.717) is 5.39 Å². The predicted octanol–water partition coefficient (Wildman–Crippen LogP) is 4.09. The van der Waals surface area contributed by atoms with E-state index in [-0.39, 0.29) is 27.7 Å². The van der Waals surface area contributed by atoms with Gasteiger partial charge in [-0.25, -0.2) is 0 Å². The lowest BCUT2D eigenvalue weighted by atomic mass is 10.0. The van der Waals surface area contributed by atoms with E-state index in [0.717, 1.165) is 0 Å². The van der Waals surface area contributed by atoms with Crippen molar-refractivity contribution in [2.75, 3.05) is 5.73 Å². The summed E-state index contributed by atoms with van der Waals surface area (Å²) < 4.78 is 74.7. The topological polar surface area (TPSA) is 39.2 Å². The zero-order chi connectivity index (χ0) is 19.7. The minimum atomic E-state index is -2.74. The van der Waals surface area contributed by atoms with Crippen LogP contribution in [0, 0.1) is 20.6 Å². The molecule has 0 fully saturated rings. The van der Waals surface area contributed by atoms with Crippen molar-refractivity contribution in [2.24, 2.45) is 0 Å². The molecule has 0 bridgehead atoms. The van der Waals surface area contributed by atoms with Gasteiger partial charge in [-0.2, -0.15) is 0 Å². The van der Waals surface area contributed by atoms with E-state index in [9.17, 15) is 0 Å². The van der Waals surface area contributed by atoms with Crippen LogP contribution in [0.3, 0.4) is 0 Å². The van der Waals surface area contributed by atoms with E-state index in [1.807, 2.05) is 0 Å². The number of hydrogen-bond donors (Lipinski definition) is 1. The number of furan rings is 1. The van der Waals surface area contributed by atoms with Crippen molar-refractivity contribution in [3.8, 4) is 0 Å². The Bertz CT molecular complexity index is 1010. The molecular weight excluding hydrogens is 210 g/mol. The summed E-state index contributed by atoms with van der Waals surface area (Å²) in [5, 5.41) is 0.530. The molecule has 17 heavy (non-hydrogen) atoms. The number of rotatable bonds is 0. The Morgan fingerprint density at radius 2 is 1.94 bits per heavy atom. The van der Waals surface area contributed by atoms with Crippen LogP contribution in [-0.4, -0.2) is 0 Å². The average molecular weight is 234 g/mol. The molecule has 0 spiro atoms. The molecule has 2 nitrogen and oxygen atoms in total. The van der Waals surface area contributed by atoms with Gasteiger partial charge in [-0.05, 0) is 37.7 Å². The molecule has 0 saturated carbocycles. The quantitative estimate of drug-likeness (QED) is 0.595. The van der Waals surface area contributed by atoms with Crippen LogP contribution in [0.4, 0.5) is 5.69 Å². The molecule has 0 radical (unpaired) electrons. The Kier molecular flexibility index (Phi) is 0.840. The summed E-state index contributed by atoms with van der Waals surface area (Å²) in [4.78, 5) is 0. The number of fused-ring (bicyclic) bond motifs is 3. The second kappa shape index (κ2) is 3.27. The molecule has 3 aromatic rings. The van der Waals surface area contributed by atoms with Crippen LogP contribution in [-0.2, 0) is 0 Å². The van der Waals surface area contributed by atoms with Gasteiger partial charge >= 0.3 is 0 Å². The molecule has 2 heteroatoms. The fourth-order valence-electron chi connectivity index (χ4n) is 1.95. The predicted molar refractivity (Wildman–Crippen MR) is 72.3 cm³/mol. The maximum absolute atomic E-state index is 7.75. The highest BCUT2D eigenvalue weighted by Gasteiger charge is 2.13. The minimum Gasteiger partial charge on any atom is -0.455 e. The first-order valence-corrected chi connectivity index (χ1v) is 5.02. The normalized spacial score (nSPS) is 21.5. The number of aryl methyl sites for hydroxylation is 3. The summed E-state index contributed by atoms with van der Waals surface area (Å²) in [5.41, 5.74) is 4.54. The molecule has 0 aliphatic carbocycles. The number of hydrogen-bond acceptors (Lipinski definition) is 2. The summed E-state index contributed by atoms with van der Waals surface area (Å²) >= 11 is 0. The second-order valence-corrected chi connectivity index (χ2v) is 3.87. The van der Waals surface area contributed by atoms with Gasteiger partial charge in [0.1, 0.15) is 11.2 Å². The SMILES string of the molecule is [2H]C([2H])([2H])c1cc2c(oc3c(C([2H])([2H])[2H])cccc32)c(C([2H])([2H])[2H])c1N. The molecule has 0 aliphatic rings. The summed E-state index contributed by atoms with van der Waals surface area (Å²) in [7, 11) is 0. The smallest absolute Gasteiger partial charge is 0.140 e. The van der Waals surface area contributed by atoms with Gasteiger partial charge < -0.3 is 10.2 Å². The van der Waals surface area contributed by atoms with Crippen molar-refractivity contribution in [2.45, 2.75) is 20.6 Å². The summed E-state index contributed by atoms with van der Waals surface area (Å²) in [6, 6.07) is 5.67. The molecule has 1 heterocycles. The van der Waals surface area contributed by atoms with Crippen molar-refractivity contribution in [3.63, 3.8) is 0 Å². The summed E-state index contributed by atoms with van der Waals surface area (Å²) in [5.74, 6) is 0. The van der Waals surface area contributed by atoms with Gasteiger partial charge in [-0.15, -0.1) is 0 Å². The summed E-state index contributed by atoms with van der Waals surface area (Å²) in [6.07, 6.45) is 0. The lowest BCUT2D eigenvalue weighted by Gasteiger charge is -2.04. The van der Waals surface area contributed by atoms with Gasteiger partial charge in [0.15, 0.2) is 0 Å². The first-order chi connectivity index (χ1) is 11.7. The van der Waals surface area contributed by atoms with Crippen LogP contribution < -0.4 is 5.73 Å². The van der Waals surface area contributed by atoms with E-state index in [4.69, 9.17) is 22.5 Å². The molecule has 1 aromatic heterocycles. The second-order valence-electron chi connectivity index (χ2n) is 3.87. The Morgan fingerprint density at radius 1 is 1.06 bits per heavy atom. The third-order valence-electron chi connectivity index (χ3n) is 2.83. The zero-order valence-corrected chi connectivity index (χ0v) is 8.79. The molecule has 0 saturated heterocycles. The maximum atomic E-state index is 7.75. The highest BCUT2D eigenvalue weighted by molar-refractivity contribution is 6.08.